The van der Waals surface area contributed by atoms with Gasteiger partial charge in [0.05, 0.1) is 0 Å². The van der Waals surface area contributed by atoms with Crippen LogP contribution in [0.1, 0.15) is 43.0 Å². The molecule has 3 aromatic rings. The summed E-state index contributed by atoms with van der Waals surface area (Å²) in [4.78, 5) is 28.7. The van der Waals surface area contributed by atoms with E-state index < -0.39 is 6.04 Å². The lowest BCUT2D eigenvalue weighted by atomic mass is 10.0. The summed E-state index contributed by atoms with van der Waals surface area (Å²) in [6, 6.07) is 25.0. The predicted octanol–water partition coefficient (Wildman–Crippen LogP) is 5.35. The third-order valence-electron chi connectivity index (χ3n) is 6.12. The molecule has 36 heavy (non-hydrogen) atoms. The maximum atomic E-state index is 13.6. The second-order valence-corrected chi connectivity index (χ2v) is 9.64. The zero-order chi connectivity index (χ0) is 25.9. The number of carbonyl (C=O) groups is 2. The molecule has 1 N–H and O–H groups in total. The van der Waals surface area contributed by atoms with Gasteiger partial charge in [-0.2, -0.15) is 0 Å². The van der Waals surface area contributed by atoms with E-state index in [1.165, 1.54) is 5.56 Å². The van der Waals surface area contributed by atoms with Crippen molar-refractivity contribution >= 4 is 11.8 Å². The van der Waals surface area contributed by atoms with Crippen molar-refractivity contribution in [3.63, 3.8) is 0 Å². The molecule has 0 spiro atoms. The largest absolute Gasteiger partial charge is 0.484 e. The van der Waals surface area contributed by atoms with Gasteiger partial charge in [-0.1, -0.05) is 93.1 Å². The minimum Gasteiger partial charge on any atom is -0.484 e. The van der Waals surface area contributed by atoms with E-state index in [9.17, 15) is 9.59 Å². The lowest BCUT2D eigenvalue weighted by Crippen LogP contribution is -2.52. The number of hydrogen-bond donors (Lipinski definition) is 1. The number of hydrogen-bond acceptors (Lipinski definition) is 3. The van der Waals surface area contributed by atoms with Crippen molar-refractivity contribution in [1.29, 1.82) is 0 Å². The van der Waals surface area contributed by atoms with Crippen LogP contribution in [-0.4, -0.2) is 35.9 Å². The molecule has 1 atom stereocenters. The fourth-order valence-corrected chi connectivity index (χ4v) is 3.92. The number of aryl methyl sites for hydroxylation is 2. The molecule has 5 heteroatoms. The van der Waals surface area contributed by atoms with E-state index in [1.54, 1.807) is 4.90 Å². The van der Waals surface area contributed by atoms with Crippen LogP contribution in [0.25, 0.3) is 0 Å². The molecule has 0 aliphatic carbocycles. The summed E-state index contributed by atoms with van der Waals surface area (Å²) >= 11 is 0. The van der Waals surface area contributed by atoms with Gasteiger partial charge in [0.1, 0.15) is 11.8 Å². The second kappa shape index (κ2) is 13.5. The Hall–Kier alpha value is -3.60. The number of nitrogens with zero attached hydrogens (tertiary/aromatic N) is 1. The predicted molar refractivity (Wildman–Crippen MR) is 145 cm³/mol. The van der Waals surface area contributed by atoms with Gasteiger partial charge in [0.2, 0.25) is 5.91 Å². The number of rotatable bonds is 12. The number of carbonyl (C=O) groups excluding carboxylic acids is 2. The van der Waals surface area contributed by atoms with E-state index in [4.69, 9.17) is 4.74 Å². The van der Waals surface area contributed by atoms with E-state index in [2.05, 4.69) is 26.1 Å². The Balaban J connectivity index is 1.87. The molecule has 3 aromatic carbocycles. The first-order chi connectivity index (χ1) is 17.4. The zero-order valence-electron chi connectivity index (χ0n) is 21.9. The van der Waals surface area contributed by atoms with Crippen LogP contribution in [0.4, 0.5) is 0 Å². The number of amides is 2. The summed E-state index contributed by atoms with van der Waals surface area (Å²) in [6.45, 7) is 8.97. The van der Waals surface area contributed by atoms with Crippen molar-refractivity contribution in [1.82, 2.24) is 10.2 Å². The van der Waals surface area contributed by atoms with Crippen molar-refractivity contribution in [2.45, 2.75) is 53.1 Å². The van der Waals surface area contributed by atoms with Gasteiger partial charge in [0.25, 0.3) is 5.91 Å². The Labute approximate surface area is 215 Å². The first-order valence-electron chi connectivity index (χ1n) is 12.7. The van der Waals surface area contributed by atoms with Gasteiger partial charge in [0.15, 0.2) is 6.61 Å². The maximum Gasteiger partial charge on any atom is 0.261 e. The van der Waals surface area contributed by atoms with Gasteiger partial charge in [0, 0.05) is 19.5 Å². The normalized spacial score (nSPS) is 11.7. The van der Waals surface area contributed by atoms with E-state index >= 15 is 0 Å². The van der Waals surface area contributed by atoms with Crippen LogP contribution in [-0.2, 0) is 29.0 Å². The highest BCUT2D eigenvalue weighted by Gasteiger charge is 2.30. The fourth-order valence-electron chi connectivity index (χ4n) is 3.92. The van der Waals surface area contributed by atoms with Crippen molar-refractivity contribution in [3.8, 4) is 5.75 Å². The Morgan fingerprint density at radius 1 is 0.861 bits per heavy atom. The average Bonchev–Trinajstić information content (AvgIpc) is 2.89. The molecule has 5 nitrogen and oxygen atoms in total. The van der Waals surface area contributed by atoms with Crippen molar-refractivity contribution in [2.75, 3.05) is 13.2 Å². The smallest absolute Gasteiger partial charge is 0.261 e. The lowest BCUT2D eigenvalue weighted by Gasteiger charge is -2.31. The molecule has 0 saturated heterocycles. The van der Waals surface area contributed by atoms with E-state index in [1.807, 2.05) is 85.8 Å². The highest BCUT2D eigenvalue weighted by Crippen LogP contribution is 2.17. The standard InChI is InChI=1S/C31H38N2O3/c1-5-25-15-17-28(18-16-25)36-22-30(34)33(21-27-13-11-24(4)12-14-27)29(31(35)32-20-23(2)3)19-26-9-7-6-8-10-26/h6-18,23,29H,5,19-22H2,1-4H3,(H,32,35). The monoisotopic (exact) mass is 486 g/mol. The van der Waals surface area contributed by atoms with Crippen LogP contribution in [0.2, 0.25) is 0 Å². The van der Waals surface area contributed by atoms with Crippen LogP contribution in [0.3, 0.4) is 0 Å². The lowest BCUT2D eigenvalue weighted by molar-refractivity contribution is -0.142. The molecule has 0 aliphatic heterocycles. The van der Waals surface area contributed by atoms with Gasteiger partial charge in [-0.15, -0.1) is 0 Å². The summed E-state index contributed by atoms with van der Waals surface area (Å²) in [7, 11) is 0. The summed E-state index contributed by atoms with van der Waals surface area (Å²) in [5.41, 5.74) is 4.32. The van der Waals surface area contributed by atoms with Crippen LogP contribution >= 0.6 is 0 Å². The molecule has 0 saturated carbocycles. The van der Waals surface area contributed by atoms with Crippen molar-refractivity contribution < 1.29 is 14.3 Å². The Bertz CT molecular complexity index is 1090. The molecule has 0 radical (unpaired) electrons. The molecule has 0 fully saturated rings. The topological polar surface area (TPSA) is 58.6 Å². The van der Waals surface area contributed by atoms with Gasteiger partial charge in [-0.05, 0) is 48.1 Å². The number of ether oxygens (including phenoxy) is 1. The Morgan fingerprint density at radius 3 is 2.11 bits per heavy atom. The molecule has 0 aromatic heterocycles. The minimum atomic E-state index is -0.661. The molecule has 1 unspecified atom stereocenters. The van der Waals surface area contributed by atoms with E-state index in [0.29, 0.717) is 31.2 Å². The first kappa shape index (κ1) is 27.0. The third kappa shape index (κ3) is 8.26. The quantitative estimate of drug-likeness (QED) is 0.376. The zero-order valence-corrected chi connectivity index (χ0v) is 21.9. The molecule has 2 amide bonds. The molecule has 190 valence electrons. The van der Waals surface area contributed by atoms with Gasteiger partial charge in [-0.25, -0.2) is 0 Å². The Kier molecular flexibility index (Phi) is 10.1. The third-order valence-corrected chi connectivity index (χ3v) is 6.12. The molecular weight excluding hydrogens is 448 g/mol. The summed E-state index contributed by atoms with van der Waals surface area (Å²) in [6.07, 6.45) is 1.36. The van der Waals surface area contributed by atoms with Gasteiger partial charge in [-0.3, -0.25) is 9.59 Å². The first-order valence-corrected chi connectivity index (χ1v) is 12.7. The summed E-state index contributed by atoms with van der Waals surface area (Å²) in [5, 5.41) is 3.05. The SMILES string of the molecule is CCc1ccc(OCC(=O)N(Cc2ccc(C)cc2)C(Cc2ccccc2)C(=O)NCC(C)C)cc1. The maximum absolute atomic E-state index is 13.6. The fraction of sp³-hybridized carbons (Fsp3) is 0.355. The Morgan fingerprint density at radius 2 is 1.50 bits per heavy atom. The summed E-state index contributed by atoms with van der Waals surface area (Å²) < 4.78 is 5.86. The molecule has 0 aliphatic rings. The van der Waals surface area contributed by atoms with Gasteiger partial charge >= 0.3 is 0 Å². The summed E-state index contributed by atoms with van der Waals surface area (Å²) in [5.74, 6) is 0.567. The highest BCUT2D eigenvalue weighted by atomic mass is 16.5. The van der Waals surface area contributed by atoms with Crippen LogP contribution in [0.5, 0.6) is 5.75 Å². The molecular formula is C31H38N2O3. The number of benzene rings is 3. The average molecular weight is 487 g/mol. The van der Waals surface area contributed by atoms with E-state index in [-0.39, 0.29) is 18.4 Å². The second-order valence-electron chi connectivity index (χ2n) is 9.64. The van der Waals surface area contributed by atoms with Crippen LogP contribution in [0, 0.1) is 12.8 Å². The molecule has 3 rings (SSSR count). The van der Waals surface area contributed by atoms with Crippen molar-refractivity contribution in [3.05, 3.63) is 101 Å². The number of nitrogens with one attached hydrogen (secondary N) is 1. The molecule has 0 bridgehead atoms. The van der Waals surface area contributed by atoms with Crippen molar-refractivity contribution in [2.24, 2.45) is 5.92 Å². The molecule has 0 heterocycles. The van der Waals surface area contributed by atoms with Crippen LogP contribution < -0.4 is 10.1 Å². The van der Waals surface area contributed by atoms with Crippen LogP contribution in [0.15, 0.2) is 78.9 Å². The van der Waals surface area contributed by atoms with E-state index in [0.717, 1.165) is 23.1 Å². The minimum absolute atomic E-state index is 0.139. The highest BCUT2D eigenvalue weighted by molar-refractivity contribution is 5.88. The van der Waals surface area contributed by atoms with Gasteiger partial charge < -0.3 is 15.0 Å².